The second-order valence-corrected chi connectivity index (χ2v) is 4.12. The Morgan fingerprint density at radius 1 is 1.26 bits per heavy atom. The number of methoxy groups -OCH3 is 1. The molecule has 1 aromatic rings. The Bertz CT molecular complexity index is 444. The molecule has 19 heavy (non-hydrogen) atoms. The van der Waals surface area contributed by atoms with E-state index in [4.69, 9.17) is 0 Å². The Hall–Kier alpha value is -2.31. The number of nitrogens with one attached hydrogen (secondary N) is 1. The molecule has 1 aliphatic rings. The molecule has 1 fully saturated rings. The van der Waals surface area contributed by atoms with Crippen molar-refractivity contribution in [2.45, 2.75) is 0 Å². The maximum absolute atomic E-state index is 12.0. The van der Waals surface area contributed by atoms with Gasteiger partial charge in [0.25, 0.3) is 0 Å². The van der Waals surface area contributed by atoms with E-state index >= 15 is 0 Å². The molecule has 0 atom stereocenters. The summed E-state index contributed by atoms with van der Waals surface area (Å²) in [6.07, 6.45) is 2.88. The smallest absolute Gasteiger partial charge is 0.409 e. The molecule has 1 aliphatic heterocycles. The molecule has 1 aromatic heterocycles. The summed E-state index contributed by atoms with van der Waals surface area (Å²) in [4.78, 5) is 30.4. The molecule has 0 aliphatic carbocycles. The molecule has 1 saturated heterocycles. The lowest BCUT2D eigenvalue weighted by atomic mass is 10.3. The molecule has 0 saturated carbocycles. The summed E-state index contributed by atoms with van der Waals surface area (Å²) in [6.45, 7) is 1.93. The number of ether oxygens (including phenoxy) is 1. The van der Waals surface area contributed by atoms with Crippen LogP contribution in [0.2, 0.25) is 0 Å². The van der Waals surface area contributed by atoms with Gasteiger partial charge < -0.3 is 19.9 Å². The van der Waals surface area contributed by atoms with Crippen molar-refractivity contribution in [1.82, 2.24) is 14.8 Å². The number of nitrogens with zero attached hydrogens (tertiary/aromatic N) is 3. The Morgan fingerprint density at radius 3 is 2.53 bits per heavy atom. The average molecular weight is 264 g/mol. The normalized spacial score (nSPS) is 15.0. The molecule has 2 heterocycles. The number of piperazine rings is 1. The molecule has 102 valence electrons. The van der Waals surface area contributed by atoms with Crippen LogP contribution >= 0.6 is 0 Å². The minimum absolute atomic E-state index is 0.183. The summed E-state index contributed by atoms with van der Waals surface area (Å²) in [5, 5.41) is 2.76. The van der Waals surface area contributed by atoms with Gasteiger partial charge in [0.15, 0.2) is 0 Å². The Kier molecular flexibility index (Phi) is 4.17. The van der Waals surface area contributed by atoms with Gasteiger partial charge in [-0.2, -0.15) is 0 Å². The highest BCUT2D eigenvalue weighted by atomic mass is 16.5. The second-order valence-electron chi connectivity index (χ2n) is 4.12. The number of urea groups is 1. The zero-order valence-corrected chi connectivity index (χ0v) is 10.7. The van der Waals surface area contributed by atoms with Gasteiger partial charge in [0.1, 0.15) is 0 Å². The first-order valence-corrected chi connectivity index (χ1v) is 5.99. The number of rotatable bonds is 1. The minimum Gasteiger partial charge on any atom is -0.453 e. The van der Waals surface area contributed by atoms with Gasteiger partial charge in [-0.25, -0.2) is 9.59 Å². The van der Waals surface area contributed by atoms with Crippen LogP contribution in [0.3, 0.4) is 0 Å². The Labute approximate surface area is 111 Å². The quantitative estimate of drug-likeness (QED) is 0.821. The zero-order chi connectivity index (χ0) is 13.7. The second kappa shape index (κ2) is 6.03. The van der Waals surface area contributed by atoms with Crippen molar-refractivity contribution in [3.8, 4) is 0 Å². The van der Waals surface area contributed by atoms with E-state index in [0.717, 1.165) is 0 Å². The summed E-state index contributed by atoms with van der Waals surface area (Å²) >= 11 is 0. The third kappa shape index (κ3) is 3.34. The van der Waals surface area contributed by atoms with Crippen molar-refractivity contribution in [2.75, 3.05) is 38.6 Å². The van der Waals surface area contributed by atoms with Crippen LogP contribution in [0, 0.1) is 0 Å². The summed E-state index contributed by atoms with van der Waals surface area (Å²) in [6, 6.07) is 3.35. The van der Waals surface area contributed by atoms with Gasteiger partial charge in [-0.3, -0.25) is 4.98 Å². The van der Waals surface area contributed by atoms with E-state index in [-0.39, 0.29) is 12.1 Å². The molecule has 3 amide bonds. The zero-order valence-electron chi connectivity index (χ0n) is 10.7. The van der Waals surface area contributed by atoms with Crippen molar-refractivity contribution in [3.05, 3.63) is 24.5 Å². The van der Waals surface area contributed by atoms with Crippen LogP contribution in [-0.2, 0) is 4.74 Å². The van der Waals surface area contributed by atoms with Gasteiger partial charge in [0.05, 0.1) is 19.0 Å². The van der Waals surface area contributed by atoms with E-state index < -0.39 is 0 Å². The predicted octanol–water partition coefficient (Wildman–Crippen LogP) is 0.998. The highest BCUT2D eigenvalue weighted by Gasteiger charge is 2.24. The predicted molar refractivity (Wildman–Crippen MR) is 68.8 cm³/mol. The lowest BCUT2D eigenvalue weighted by Gasteiger charge is -2.33. The van der Waals surface area contributed by atoms with E-state index in [1.54, 1.807) is 34.3 Å². The number of aromatic nitrogens is 1. The van der Waals surface area contributed by atoms with Crippen molar-refractivity contribution in [1.29, 1.82) is 0 Å². The van der Waals surface area contributed by atoms with Crippen molar-refractivity contribution < 1.29 is 14.3 Å². The molecule has 0 aromatic carbocycles. The first-order valence-electron chi connectivity index (χ1n) is 5.99. The van der Waals surface area contributed by atoms with E-state index in [1.165, 1.54) is 7.11 Å². The molecule has 1 N–H and O–H groups in total. The number of hydrogen-bond donors (Lipinski definition) is 1. The van der Waals surface area contributed by atoms with Gasteiger partial charge in [0, 0.05) is 32.4 Å². The van der Waals surface area contributed by atoms with E-state index in [9.17, 15) is 9.59 Å². The number of anilines is 1. The van der Waals surface area contributed by atoms with Gasteiger partial charge in [-0.15, -0.1) is 0 Å². The number of hydrogen-bond acceptors (Lipinski definition) is 4. The molecule has 7 nitrogen and oxygen atoms in total. The Balaban J connectivity index is 1.84. The third-order valence-electron chi connectivity index (χ3n) is 2.91. The van der Waals surface area contributed by atoms with Crippen LogP contribution in [0.15, 0.2) is 24.5 Å². The van der Waals surface area contributed by atoms with Crippen LogP contribution in [0.4, 0.5) is 15.3 Å². The molecule has 0 spiro atoms. The van der Waals surface area contributed by atoms with Crippen molar-refractivity contribution in [2.24, 2.45) is 0 Å². The van der Waals surface area contributed by atoms with E-state index in [2.05, 4.69) is 15.0 Å². The molecule has 0 radical (unpaired) electrons. The van der Waals surface area contributed by atoms with Gasteiger partial charge in [-0.05, 0) is 12.1 Å². The monoisotopic (exact) mass is 264 g/mol. The molecule has 2 rings (SSSR count). The third-order valence-corrected chi connectivity index (χ3v) is 2.91. The van der Waals surface area contributed by atoms with Crippen LogP contribution in [0.1, 0.15) is 0 Å². The lowest BCUT2D eigenvalue weighted by molar-refractivity contribution is 0.0992. The maximum Gasteiger partial charge on any atom is 0.409 e. The number of amides is 3. The minimum atomic E-state index is -0.354. The molecule has 7 heteroatoms. The first-order chi connectivity index (χ1) is 9.20. The largest absolute Gasteiger partial charge is 0.453 e. The fourth-order valence-electron chi connectivity index (χ4n) is 1.86. The van der Waals surface area contributed by atoms with Crippen LogP contribution < -0.4 is 5.32 Å². The molecule has 0 unspecified atom stereocenters. The van der Waals surface area contributed by atoms with Crippen LogP contribution in [0.25, 0.3) is 0 Å². The van der Waals surface area contributed by atoms with E-state index in [1.807, 2.05) is 0 Å². The van der Waals surface area contributed by atoms with Gasteiger partial charge >= 0.3 is 12.1 Å². The summed E-state index contributed by atoms with van der Waals surface area (Å²) in [5.74, 6) is 0. The molecular weight excluding hydrogens is 248 g/mol. The van der Waals surface area contributed by atoms with Gasteiger partial charge in [-0.1, -0.05) is 0 Å². The lowest BCUT2D eigenvalue weighted by Crippen LogP contribution is -2.51. The SMILES string of the molecule is COC(=O)N1CCN(C(=O)Nc2cccnc2)CC1. The average Bonchev–Trinajstić information content (AvgIpc) is 2.47. The highest BCUT2D eigenvalue weighted by Crippen LogP contribution is 2.08. The topological polar surface area (TPSA) is 74.8 Å². The first kappa shape index (κ1) is 13.1. The van der Waals surface area contributed by atoms with E-state index in [0.29, 0.717) is 31.9 Å². The highest BCUT2D eigenvalue weighted by molar-refractivity contribution is 5.89. The number of carbonyl (C=O) groups excluding carboxylic acids is 2. The maximum atomic E-state index is 12.0. The van der Waals surface area contributed by atoms with Crippen molar-refractivity contribution >= 4 is 17.8 Å². The fourth-order valence-corrected chi connectivity index (χ4v) is 1.86. The van der Waals surface area contributed by atoms with Crippen molar-refractivity contribution in [3.63, 3.8) is 0 Å². The molecular formula is C12H16N4O3. The van der Waals surface area contributed by atoms with Crippen LogP contribution in [0.5, 0.6) is 0 Å². The van der Waals surface area contributed by atoms with Gasteiger partial charge in [0.2, 0.25) is 0 Å². The number of pyridine rings is 1. The van der Waals surface area contributed by atoms with Crippen LogP contribution in [-0.4, -0.2) is 60.2 Å². The fraction of sp³-hybridized carbons (Fsp3) is 0.417. The molecule has 0 bridgehead atoms. The summed E-state index contributed by atoms with van der Waals surface area (Å²) < 4.78 is 4.64. The summed E-state index contributed by atoms with van der Waals surface area (Å²) in [7, 11) is 1.35. The standard InChI is InChI=1S/C12H16N4O3/c1-19-12(18)16-7-5-15(6-8-16)11(17)14-10-3-2-4-13-9-10/h2-4,9H,5-8H2,1H3,(H,14,17). The number of carbonyl (C=O) groups is 2. The Morgan fingerprint density at radius 2 is 1.95 bits per heavy atom. The summed E-state index contributed by atoms with van der Waals surface area (Å²) in [5.41, 5.74) is 0.655.